The molecule has 48 heavy (non-hydrogen) atoms. The lowest BCUT2D eigenvalue weighted by Crippen LogP contribution is -2.34. The fraction of sp³-hybridized carbons (Fsp3) is 0.533. The molecule has 3 aromatic rings. The molecular weight excluding hydrogens is 683 g/mol. The van der Waals surface area contributed by atoms with Crippen molar-refractivity contribution in [3.63, 3.8) is 0 Å². The van der Waals surface area contributed by atoms with Crippen LogP contribution in [0.15, 0.2) is 30.3 Å². The van der Waals surface area contributed by atoms with Crippen molar-refractivity contribution in [2.24, 2.45) is 18.9 Å². The molecule has 18 heteroatoms. The molecule has 0 unspecified atom stereocenters. The maximum atomic E-state index is 14.1. The number of hydrogen-bond acceptors (Lipinski definition) is 6. The normalized spacial score (nSPS) is 17.2. The van der Waals surface area contributed by atoms with E-state index in [1.54, 1.807) is 6.92 Å². The van der Waals surface area contributed by atoms with Gasteiger partial charge in [-0.15, -0.1) is 17.5 Å². The molecule has 0 atom stereocenters. The molecule has 1 heterocycles. The van der Waals surface area contributed by atoms with Crippen molar-refractivity contribution in [1.82, 2.24) is 20.2 Å². The van der Waals surface area contributed by atoms with Gasteiger partial charge in [-0.2, -0.15) is 44.3 Å². The predicted octanol–water partition coefficient (Wildman–Crippen LogP) is 7.92. The Hall–Kier alpha value is -3.76. The zero-order valence-electron chi connectivity index (χ0n) is 26.0. The second-order valence-corrected chi connectivity index (χ2v) is 11.7. The van der Waals surface area contributed by atoms with Gasteiger partial charge >= 0.3 is 24.5 Å². The van der Waals surface area contributed by atoms with Crippen LogP contribution in [0.1, 0.15) is 66.0 Å². The van der Waals surface area contributed by atoms with E-state index in [1.807, 2.05) is 4.90 Å². The Morgan fingerprint density at radius 2 is 1.46 bits per heavy atom. The van der Waals surface area contributed by atoms with Crippen LogP contribution in [0.3, 0.4) is 0 Å². The Labute approximate surface area is 276 Å². The number of carboxylic acid groups (broad SMARTS) is 1. The number of benzene rings is 2. The van der Waals surface area contributed by atoms with Crippen LogP contribution in [-0.4, -0.2) is 44.4 Å². The van der Waals surface area contributed by atoms with E-state index in [0.29, 0.717) is 56.6 Å². The van der Waals surface area contributed by atoms with E-state index < -0.39 is 65.8 Å². The summed E-state index contributed by atoms with van der Waals surface area (Å²) in [6, 6.07) is 3.36. The third kappa shape index (κ3) is 9.44. The molecule has 0 bridgehead atoms. The summed E-state index contributed by atoms with van der Waals surface area (Å²) in [5, 5.41) is 20.9. The van der Waals surface area contributed by atoms with Crippen LogP contribution < -0.4 is 9.80 Å². The average Bonchev–Trinajstić information content (AvgIpc) is 3.41. The topological polar surface area (TPSA) is 87.4 Å². The van der Waals surface area contributed by atoms with Crippen molar-refractivity contribution in [2.75, 3.05) is 22.9 Å². The third-order valence-corrected chi connectivity index (χ3v) is 8.29. The van der Waals surface area contributed by atoms with E-state index in [0.717, 1.165) is 10.9 Å². The number of aryl methyl sites for hydroxylation is 2. The number of alkyl halides is 9. The van der Waals surface area contributed by atoms with Crippen molar-refractivity contribution in [3.05, 3.63) is 63.7 Å². The first-order valence-corrected chi connectivity index (χ1v) is 14.7. The summed E-state index contributed by atoms with van der Waals surface area (Å²) >= 11 is 0. The van der Waals surface area contributed by atoms with Crippen LogP contribution in [0.5, 0.6) is 0 Å². The van der Waals surface area contributed by atoms with Crippen molar-refractivity contribution in [2.45, 2.75) is 71.1 Å². The first-order valence-electron chi connectivity index (χ1n) is 14.7. The second-order valence-electron chi connectivity index (χ2n) is 11.7. The molecule has 0 radical (unpaired) electrons. The summed E-state index contributed by atoms with van der Waals surface area (Å²) in [5.41, 5.74) is -4.08. The zero-order valence-corrected chi connectivity index (χ0v) is 26.9. The van der Waals surface area contributed by atoms with E-state index in [2.05, 4.69) is 15.4 Å². The number of hydrogen-bond donors (Lipinski definition) is 1. The van der Waals surface area contributed by atoms with Crippen LogP contribution in [-0.2, 0) is 43.5 Å². The van der Waals surface area contributed by atoms with Crippen LogP contribution in [0.4, 0.5) is 51.1 Å². The summed E-state index contributed by atoms with van der Waals surface area (Å²) in [5.74, 6) is -1.53. The van der Waals surface area contributed by atoms with E-state index in [1.165, 1.54) is 24.9 Å². The summed E-state index contributed by atoms with van der Waals surface area (Å²) in [6.45, 7) is 2.78. The molecule has 1 aliphatic carbocycles. The van der Waals surface area contributed by atoms with Gasteiger partial charge in [-0.1, -0.05) is 5.10 Å². The fourth-order valence-electron chi connectivity index (χ4n) is 5.90. The first kappa shape index (κ1) is 38.7. The average molecular weight is 717 g/mol. The molecule has 0 aliphatic heterocycles. The number of rotatable bonds is 10. The highest BCUT2D eigenvalue weighted by Crippen LogP contribution is 2.40. The summed E-state index contributed by atoms with van der Waals surface area (Å²) in [4.78, 5) is 15.4. The summed E-state index contributed by atoms with van der Waals surface area (Å²) < 4.78 is 124. The smallest absolute Gasteiger partial charge is 0.416 e. The van der Waals surface area contributed by atoms with Gasteiger partial charge in [0.2, 0.25) is 0 Å². The third-order valence-electron chi connectivity index (χ3n) is 8.29. The number of carbonyl (C=O) groups is 1. The summed E-state index contributed by atoms with van der Waals surface area (Å²) in [7, 11) is 1.37. The molecule has 2 aromatic carbocycles. The number of aromatic nitrogens is 4. The Balaban J connectivity index is 0.00000625. The molecule has 0 spiro atoms. The number of tetrazole rings is 1. The molecule has 4 rings (SSSR count). The van der Waals surface area contributed by atoms with Gasteiger partial charge in [-0.25, -0.2) is 0 Å². The maximum absolute atomic E-state index is 14.1. The van der Waals surface area contributed by atoms with Gasteiger partial charge in [-0.3, -0.25) is 4.79 Å². The largest absolute Gasteiger partial charge is 0.481 e. The van der Waals surface area contributed by atoms with Crippen molar-refractivity contribution in [1.29, 1.82) is 0 Å². The molecule has 8 nitrogen and oxygen atoms in total. The Morgan fingerprint density at radius 1 is 0.875 bits per heavy atom. The maximum Gasteiger partial charge on any atom is 0.416 e. The monoisotopic (exact) mass is 716 g/mol. The quantitative estimate of drug-likeness (QED) is 0.213. The van der Waals surface area contributed by atoms with Crippen LogP contribution >= 0.6 is 12.4 Å². The molecule has 266 valence electrons. The fourth-order valence-corrected chi connectivity index (χ4v) is 5.90. The number of carboxylic acids is 1. The minimum absolute atomic E-state index is 0. The van der Waals surface area contributed by atoms with Crippen LogP contribution in [0, 0.1) is 18.8 Å². The summed E-state index contributed by atoms with van der Waals surface area (Å²) in [6.07, 6.45) is -12.9. The standard InChI is InChI=1S/C30H33F9N6O2.ClH/c1-4-44(14-18-5-7-20(8-6-18)26(46)47)25-9-17(2)24(30(37,38)39)12-21(25)16-45(27-40-42-43(3)41-27)15-19-10-22(28(31,32)33)13-23(11-19)29(34,35)36;/h9-13,18,20H,4-8,14-16H2,1-3H3,(H,46,47);1H. The minimum Gasteiger partial charge on any atom is -0.481 e. The van der Waals surface area contributed by atoms with Gasteiger partial charge in [0.1, 0.15) is 0 Å². The van der Waals surface area contributed by atoms with Gasteiger partial charge in [0.25, 0.3) is 5.95 Å². The highest BCUT2D eigenvalue weighted by molar-refractivity contribution is 5.85. The van der Waals surface area contributed by atoms with E-state index in [-0.39, 0.29) is 41.5 Å². The van der Waals surface area contributed by atoms with Crippen LogP contribution in [0.25, 0.3) is 0 Å². The highest BCUT2D eigenvalue weighted by Gasteiger charge is 2.38. The van der Waals surface area contributed by atoms with E-state index in [9.17, 15) is 49.4 Å². The molecule has 1 saturated carbocycles. The van der Waals surface area contributed by atoms with Crippen molar-refractivity contribution >= 4 is 30.0 Å². The number of nitrogens with zero attached hydrogens (tertiary/aromatic N) is 6. The SMILES string of the molecule is CCN(CC1CCC(C(=O)O)CC1)c1cc(C)c(C(F)(F)F)cc1CN(Cc1cc(C(F)(F)F)cc(C(F)(F)F)c1)c1nnn(C)n1.Cl. The molecule has 0 amide bonds. The molecule has 1 aromatic heterocycles. The minimum atomic E-state index is -5.11. The molecule has 1 N–H and O–H groups in total. The molecular formula is C30H34ClF9N6O2. The highest BCUT2D eigenvalue weighted by atomic mass is 35.5. The van der Waals surface area contributed by atoms with Crippen molar-refractivity contribution < 1.29 is 49.4 Å². The van der Waals surface area contributed by atoms with Gasteiger partial charge in [-0.05, 0) is 97.7 Å². The molecule has 0 saturated heterocycles. The lowest BCUT2D eigenvalue weighted by atomic mass is 9.81. The predicted molar refractivity (Wildman–Crippen MR) is 160 cm³/mol. The first-order chi connectivity index (χ1) is 21.8. The molecule has 1 fully saturated rings. The van der Waals surface area contributed by atoms with Crippen molar-refractivity contribution in [3.8, 4) is 0 Å². The number of anilines is 2. The second kappa shape index (κ2) is 14.8. The van der Waals surface area contributed by atoms with Gasteiger partial charge in [0.15, 0.2) is 0 Å². The van der Waals surface area contributed by atoms with Crippen LogP contribution in [0.2, 0.25) is 0 Å². The Kier molecular flexibility index (Phi) is 11.9. The van der Waals surface area contributed by atoms with Gasteiger partial charge < -0.3 is 14.9 Å². The lowest BCUT2D eigenvalue weighted by molar-refractivity contribution is -0.144. The van der Waals surface area contributed by atoms with E-state index >= 15 is 0 Å². The zero-order chi connectivity index (χ0) is 34.9. The van der Waals surface area contributed by atoms with E-state index in [4.69, 9.17) is 0 Å². The Bertz CT molecular complexity index is 1540. The van der Waals surface area contributed by atoms with Gasteiger partial charge in [0, 0.05) is 31.9 Å². The number of halogens is 10. The number of aliphatic carboxylic acids is 1. The lowest BCUT2D eigenvalue weighted by Gasteiger charge is -2.34. The molecule has 1 aliphatic rings. The Morgan fingerprint density at radius 3 is 1.92 bits per heavy atom. The van der Waals surface area contributed by atoms with Gasteiger partial charge in [0.05, 0.1) is 29.7 Å².